The molecule has 3 heterocycles. The smallest absolute Gasteiger partial charge is 0.311 e. The second-order valence-electron chi connectivity index (χ2n) is 20.5. The largest absolute Gasteiger partial charge is 0.459 e. The molecule has 3 aliphatic rings. The maximum atomic E-state index is 14.5. The molecule has 0 radical (unpaired) electrons. The van der Waals surface area contributed by atoms with E-state index in [0.29, 0.717) is 37.7 Å². The van der Waals surface area contributed by atoms with E-state index in [-0.39, 0.29) is 37.3 Å². The molecule has 3 aliphatic heterocycles. The fourth-order valence-electron chi connectivity index (χ4n) is 10.4. The van der Waals surface area contributed by atoms with Crippen molar-refractivity contribution in [1.29, 1.82) is 0 Å². The van der Waals surface area contributed by atoms with Gasteiger partial charge in [-0.25, -0.2) is 0 Å². The van der Waals surface area contributed by atoms with E-state index < -0.39 is 96.0 Å². The highest BCUT2D eigenvalue weighted by Gasteiger charge is 2.53. The van der Waals surface area contributed by atoms with E-state index >= 15 is 0 Å². The Hall–Kier alpha value is -2.10. The van der Waals surface area contributed by atoms with Crippen LogP contribution in [0, 0.1) is 17.8 Å². The lowest BCUT2D eigenvalue weighted by atomic mass is 9.77. The number of methoxy groups -OCH3 is 1. The molecule has 66 heavy (non-hydrogen) atoms. The molecule has 4 rings (SSSR count). The summed E-state index contributed by atoms with van der Waals surface area (Å²) >= 11 is 5.63. The molecule has 0 unspecified atom stereocenters. The van der Waals surface area contributed by atoms with Gasteiger partial charge in [0.1, 0.15) is 30.0 Å². The Kier molecular flexibility index (Phi) is 21.1. The van der Waals surface area contributed by atoms with Crippen LogP contribution in [0.4, 0.5) is 0 Å². The molecule has 0 aromatic heterocycles. The summed E-state index contributed by atoms with van der Waals surface area (Å²) in [5.41, 5.74) is -3.31. The number of rotatable bonds is 14. The van der Waals surface area contributed by atoms with Crippen molar-refractivity contribution in [3.05, 3.63) is 35.9 Å². The molecule has 18 atom stereocenters. The van der Waals surface area contributed by atoms with Gasteiger partial charge in [0, 0.05) is 57.7 Å². The Labute approximate surface area is 400 Å². The van der Waals surface area contributed by atoms with Gasteiger partial charge in [0.05, 0.1) is 41.5 Å². The molecule has 16 nitrogen and oxygen atoms in total. The SMILES string of the molecule is CC[C@H]1OC(=O)[C@H](C)[C@@H](O[C@@H]2C[C@@](C)(OC)[C@@H](O)[C@H](C)O2)[C@H](C)[C@@H](O[C@@H]2O[C@H](C)C[C@H](N(C)C)[C@H]2O)[C@](C)(O)C[C@@H](C)CN(CCNC(=S)NCCCc2ccccc2)[C@H](C)[C@@H](O)[C@]1(C)O. The number of carbonyl (C=O) groups excluding carboxylic acids is 1. The predicted molar refractivity (Wildman–Crippen MR) is 256 cm³/mol. The van der Waals surface area contributed by atoms with Gasteiger partial charge in [0.15, 0.2) is 17.7 Å². The minimum absolute atomic E-state index is 0.113. The van der Waals surface area contributed by atoms with Crippen molar-refractivity contribution in [2.45, 2.75) is 198 Å². The molecular weight excluding hydrogens is 869 g/mol. The third-order valence-corrected chi connectivity index (χ3v) is 14.8. The van der Waals surface area contributed by atoms with Crippen LogP contribution in [0.5, 0.6) is 0 Å². The van der Waals surface area contributed by atoms with Crippen molar-refractivity contribution in [3.8, 4) is 0 Å². The predicted octanol–water partition coefficient (Wildman–Crippen LogP) is 3.37. The number of benzene rings is 1. The van der Waals surface area contributed by atoms with Gasteiger partial charge >= 0.3 is 5.97 Å². The van der Waals surface area contributed by atoms with Gasteiger partial charge in [-0.2, -0.15) is 0 Å². The molecule has 3 fully saturated rings. The molecule has 1 aromatic rings. The van der Waals surface area contributed by atoms with Crippen LogP contribution in [0.1, 0.15) is 107 Å². The molecule has 0 amide bonds. The number of hydrogen-bond acceptors (Lipinski definition) is 15. The van der Waals surface area contributed by atoms with Crippen LogP contribution in [-0.2, 0) is 39.6 Å². The van der Waals surface area contributed by atoms with E-state index in [2.05, 4.69) is 22.8 Å². The zero-order valence-corrected chi connectivity index (χ0v) is 42.8. The summed E-state index contributed by atoms with van der Waals surface area (Å²) < 4.78 is 38.1. The molecule has 7 N–H and O–H groups in total. The molecule has 1 aromatic carbocycles. The quantitative estimate of drug-likeness (QED) is 0.0812. The maximum Gasteiger partial charge on any atom is 0.311 e. The van der Waals surface area contributed by atoms with Gasteiger partial charge in [-0.3, -0.25) is 9.69 Å². The normalized spacial score (nSPS) is 41.4. The Morgan fingerprint density at radius 3 is 2.21 bits per heavy atom. The minimum Gasteiger partial charge on any atom is -0.459 e. The van der Waals surface area contributed by atoms with Gasteiger partial charge in [-0.15, -0.1) is 0 Å². The van der Waals surface area contributed by atoms with E-state index in [1.807, 2.05) is 69.8 Å². The number of thiocarbonyl (C=S) groups is 1. The average molecular weight is 955 g/mol. The highest BCUT2D eigenvalue weighted by atomic mass is 32.1. The summed E-state index contributed by atoms with van der Waals surface area (Å²) in [4.78, 5) is 18.5. The first-order valence-corrected chi connectivity index (χ1v) is 24.6. The molecule has 3 saturated heterocycles. The van der Waals surface area contributed by atoms with Crippen molar-refractivity contribution in [2.75, 3.05) is 47.4 Å². The summed E-state index contributed by atoms with van der Waals surface area (Å²) in [6, 6.07) is 9.32. The number of aliphatic hydroxyl groups is 5. The average Bonchev–Trinajstić information content (AvgIpc) is 3.26. The fourth-order valence-corrected chi connectivity index (χ4v) is 10.6. The van der Waals surface area contributed by atoms with Gasteiger partial charge in [0.2, 0.25) is 0 Å². The molecule has 0 aliphatic carbocycles. The number of ether oxygens (including phenoxy) is 6. The number of nitrogens with one attached hydrogen (secondary N) is 2. The first kappa shape index (κ1) is 56.5. The van der Waals surface area contributed by atoms with E-state index in [0.717, 1.165) is 12.8 Å². The van der Waals surface area contributed by atoms with Crippen LogP contribution in [0.2, 0.25) is 0 Å². The molecule has 0 spiro atoms. The maximum absolute atomic E-state index is 14.5. The third kappa shape index (κ3) is 14.5. The fraction of sp³-hybridized carbons (Fsp3) is 0.837. The topological polar surface area (TPSA) is 204 Å². The van der Waals surface area contributed by atoms with E-state index in [4.69, 9.17) is 40.6 Å². The number of likely N-dealkylation sites (N-methyl/N-ethyl adjacent to an activating group) is 1. The van der Waals surface area contributed by atoms with E-state index in [9.17, 15) is 30.3 Å². The number of cyclic esters (lactones) is 1. The summed E-state index contributed by atoms with van der Waals surface area (Å²) in [6.07, 6.45) is -6.95. The van der Waals surface area contributed by atoms with Gasteiger partial charge in [0.25, 0.3) is 0 Å². The number of aliphatic hydroxyl groups excluding tert-OH is 3. The third-order valence-electron chi connectivity index (χ3n) is 14.5. The van der Waals surface area contributed by atoms with Crippen LogP contribution < -0.4 is 10.6 Å². The second-order valence-corrected chi connectivity index (χ2v) is 20.9. The zero-order chi connectivity index (χ0) is 49.3. The summed E-state index contributed by atoms with van der Waals surface area (Å²) in [6.45, 7) is 19.6. The van der Waals surface area contributed by atoms with E-state index in [1.165, 1.54) is 19.6 Å². The molecule has 0 bridgehead atoms. The van der Waals surface area contributed by atoms with Crippen molar-refractivity contribution in [3.63, 3.8) is 0 Å². The Morgan fingerprint density at radius 1 is 0.939 bits per heavy atom. The Bertz CT molecular complexity index is 1650. The molecular formula is C49H86N4O12S. The summed E-state index contributed by atoms with van der Waals surface area (Å²) in [5.74, 6) is -2.79. The van der Waals surface area contributed by atoms with Crippen LogP contribution in [0.3, 0.4) is 0 Å². The van der Waals surface area contributed by atoms with Gasteiger partial charge in [-0.1, -0.05) is 51.1 Å². The molecule has 380 valence electrons. The lowest BCUT2D eigenvalue weighted by molar-refractivity contribution is -0.318. The van der Waals surface area contributed by atoms with Crippen molar-refractivity contribution >= 4 is 23.3 Å². The zero-order valence-electron chi connectivity index (χ0n) is 42.0. The number of carbonyl (C=O) groups is 1. The first-order chi connectivity index (χ1) is 30.9. The number of hydrogen-bond donors (Lipinski definition) is 7. The minimum atomic E-state index is -1.89. The van der Waals surface area contributed by atoms with Crippen molar-refractivity contribution < 1.29 is 58.7 Å². The van der Waals surface area contributed by atoms with Crippen LogP contribution in [0.15, 0.2) is 30.3 Å². The monoisotopic (exact) mass is 955 g/mol. The first-order valence-electron chi connectivity index (χ1n) is 24.2. The number of aryl methyl sites for hydroxylation is 1. The van der Waals surface area contributed by atoms with Crippen molar-refractivity contribution in [1.82, 2.24) is 20.4 Å². The Balaban J connectivity index is 1.70. The highest BCUT2D eigenvalue weighted by Crippen LogP contribution is 2.40. The van der Waals surface area contributed by atoms with Crippen LogP contribution >= 0.6 is 12.2 Å². The van der Waals surface area contributed by atoms with Gasteiger partial charge < -0.3 is 69.5 Å². The lowest BCUT2D eigenvalue weighted by Gasteiger charge is -2.48. The highest BCUT2D eigenvalue weighted by molar-refractivity contribution is 7.80. The number of nitrogens with zero attached hydrogens (tertiary/aromatic N) is 2. The summed E-state index contributed by atoms with van der Waals surface area (Å²) in [7, 11) is 5.28. The van der Waals surface area contributed by atoms with Gasteiger partial charge in [-0.05, 0) is 118 Å². The lowest BCUT2D eigenvalue weighted by Crippen LogP contribution is -2.60. The standard InChI is InChI=1S/C49H86N4O12S/c1-14-37-49(10,59)41(55)33(6)53(24-23-51-46(66)50-22-18-21-35-19-16-15-17-20-35)28-29(2)26-47(8,58)43(65-45-39(54)36(52(11)12)25-30(3)61-45)31(4)40(32(5)44(57)63-37)64-38-27-48(9,60-13)42(56)34(7)62-38/h15-17,19-20,29-34,36-43,45,54-56,58-59H,14,18,21-28H2,1-13H3,(H2,50,51,66)/t29-,30-,31+,32-,33-,34+,36+,37-,38-,39-,40+,41-,42+,43-,45+,47-,48-,49-/m1/s1. The summed E-state index contributed by atoms with van der Waals surface area (Å²) in [5, 5.41) is 67.0. The van der Waals surface area contributed by atoms with E-state index in [1.54, 1.807) is 34.6 Å². The molecule has 17 heteroatoms. The van der Waals surface area contributed by atoms with Crippen LogP contribution in [-0.4, -0.2) is 184 Å². The second kappa shape index (κ2) is 24.6. The Morgan fingerprint density at radius 2 is 1.59 bits per heavy atom. The van der Waals surface area contributed by atoms with Crippen LogP contribution in [0.25, 0.3) is 0 Å². The van der Waals surface area contributed by atoms with Crippen molar-refractivity contribution in [2.24, 2.45) is 17.8 Å². The molecule has 0 saturated carbocycles. The number of esters is 1.